The minimum absolute atomic E-state index is 0.00950. The number of carboxylic acid groups (broad SMARTS) is 1. The van der Waals surface area contributed by atoms with Crippen LogP contribution in [0.15, 0.2) is 18.2 Å². The summed E-state index contributed by atoms with van der Waals surface area (Å²) >= 11 is 5.90. The molecule has 0 atom stereocenters. The van der Waals surface area contributed by atoms with Crippen LogP contribution >= 0.6 is 11.6 Å². The van der Waals surface area contributed by atoms with Gasteiger partial charge >= 0.3 is 12.0 Å². The van der Waals surface area contributed by atoms with Crippen molar-refractivity contribution in [1.82, 2.24) is 9.88 Å². The van der Waals surface area contributed by atoms with Crippen molar-refractivity contribution in [2.75, 3.05) is 25.4 Å². The number of carbonyl (C=O) groups excluding carboxylic acids is 1. The second kappa shape index (κ2) is 9.29. The molecule has 0 spiro atoms. The smallest absolute Gasteiger partial charge is 0.350 e. The standard InChI is InChI=1S/C11H6ClFN2O3.C6H15N/c12-8-4-1-2-6(10(13)16)15-7(4)3-5(9(8)14)11(17)18;1-4-7(5-2)6-3/h1-3H,14H2,(H,17,18);4-6H2,1-3H3. The van der Waals surface area contributed by atoms with E-state index in [1.54, 1.807) is 0 Å². The first-order valence-electron chi connectivity index (χ1n) is 7.80. The summed E-state index contributed by atoms with van der Waals surface area (Å²) in [5.74, 6) is -1.28. The lowest BCUT2D eigenvalue weighted by molar-refractivity contribution is 0.0697. The zero-order valence-corrected chi connectivity index (χ0v) is 15.1. The normalized spacial score (nSPS) is 10.5. The summed E-state index contributed by atoms with van der Waals surface area (Å²) in [5.41, 5.74) is 4.90. The number of pyridine rings is 1. The SMILES string of the molecule is CCN(CC)CC.Nc1c(C(=O)O)cc2nc(C(=O)F)ccc2c1Cl. The Morgan fingerprint density at radius 2 is 1.80 bits per heavy atom. The summed E-state index contributed by atoms with van der Waals surface area (Å²) < 4.78 is 12.5. The molecule has 0 aliphatic rings. The lowest BCUT2D eigenvalue weighted by Crippen LogP contribution is -2.21. The topological polar surface area (TPSA) is 96.5 Å². The number of nitrogens with two attached hydrogens (primary N) is 1. The number of hydrogen-bond acceptors (Lipinski definition) is 5. The zero-order valence-electron chi connectivity index (χ0n) is 14.3. The van der Waals surface area contributed by atoms with E-state index >= 15 is 0 Å². The quantitative estimate of drug-likeness (QED) is 0.617. The predicted molar refractivity (Wildman–Crippen MR) is 97.0 cm³/mol. The van der Waals surface area contributed by atoms with Gasteiger partial charge in [0.1, 0.15) is 5.69 Å². The van der Waals surface area contributed by atoms with Gasteiger partial charge in [0.2, 0.25) is 0 Å². The first-order chi connectivity index (χ1) is 11.8. The van der Waals surface area contributed by atoms with Crippen LogP contribution in [0.1, 0.15) is 41.6 Å². The van der Waals surface area contributed by atoms with E-state index in [9.17, 15) is 14.0 Å². The fourth-order valence-electron chi connectivity index (χ4n) is 2.21. The number of nitrogens with zero attached hydrogens (tertiary/aromatic N) is 2. The van der Waals surface area contributed by atoms with Crippen molar-refractivity contribution in [2.24, 2.45) is 0 Å². The maximum Gasteiger partial charge on any atom is 0.350 e. The van der Waals surface area contributed by atoms with E-state index in [4.69, 9.17) is 22.4 Å². The van der Waals surface area contributed by atoms with Crippen LogP contribution < -0.4 is 5.73 Å². The molecule has 1 aromatic carbocycles. The Morgan fingerprint density at radius 1 is 1.24 bits per heavy atom. The first kappa shape index (κ1) is 20.8. The van der Waals surface area contributed by atoms with Crippen molar-refractivity contribution in [3.05, 3.63) is 34.5 Å². The van der Waals surface area contributed by atoms with E-state index in [1.807, 2.05) is 0 Å². The van der Waals surface area contributed by atoms with Gasteiger partial charge in [0.15, 0.2) is 0 Å². The molecule has 0 unspecified atom stereocenters. The van der Waals surface area contributed by atoms with Gasteiger partial charge in [-0.05, 0) is 37.8 Å². The van der Waals surface area contributed by atoms with Crippen LogP contribution in [0, 0.1) is 0 Å². The summed E-state index contributed by atoms with van der Waals surface area (Å²) in [7, 11) is 0. The molecular formula is C17H21ClFN3O3. The first-order valence-corrected chi connectivity index (χ1v) is 8.18. The molecule has 25 heavy (non-hydrogen) atoms. The van der Waals surface area contributed by atoms with Crippen molar-refractivity contribution >= 4 is 40.2 Å². The van der Waals surface area contributed by atoms with Crippen molar-refractivity contribution in [1.29, 1.82) is 0 Å². The average Bonchev–Trinajstić information content (AvgIpc) is 2.59. The van der Waals surface area contributed by atoms with Crippen molar-refractivity contribution in [3.63, 3.8) is 0 Å². The summed E-state index contributed by atoms with van der Waals surface area (Å²) in [6.45, 7) is 10.1. The Morgan fingerprint density at radius 3 is 2.20 bits per heavy atom. The van der Waals surface area contributed by atoms with Gasteiger partial charge in [-0.25, -0.2) is 9.78 Å². The predicted octanol–water partition coefficient (Wildman–Crippen LogP) is 3.63. The summed E-state index contributed by atoms with van der Waals surface area (Å²) in [6.07, 6.45) is 0. The lowest BCUT2D eigenvalue weighted by Gasteiger charge is -2.13. The molecule has 0 amide bonds. The highest BCUT2D eigenvalue weighted by Crippen LogP contribution is 2.31. The largest absolute Gasteiger partial charge is 0.478 e. The molecule has 3 N–H and O–H groups in total. The molecule has 2 aromatic rings. The van der Waals surface area contributed by atoms with Crippen LogP contribution in [-0.4, -0.2) is 46.6 Å². The summed E-state index contributed by atoms with van der Waals surface area (Å²) in [5, 5.41) is 9.28. The lowest BCUT2D eigenvalue weighted by atomic mass is 10.1. The molecule has 0 saturated carbocycles. The minimum Gasteiger partial charge on any atom is -0.478 e. The molecular weight excluding hydrogens is 349 g/mol. The number of hydrogen-bond donors (Lipinski definition) is 2. The Balaban J connectivity index is 0.000000381. The molecule has 0 aliphatic heterocycles. The molecule has 0 fully saturated rings. The molecule has 0 bridgehead atoms. The fraction of sp³-hybridized carbons (Fsp3) is 0.353. The van der Waals surface area contributed by atoms with E-state index in [1.165, 1.54) is 25.7 Å². The molecule has 2 rings (SSSR count). The highest BCUT2D eigenvalue weighted by Gasteiger charge is 2.16. The number of carbonyl (C=O) groups is 2. The third-order valence-corrected chi connectivity index (χ3v) is 4.15. The maximum absolute atomic E-state index is 12.5. The Bertz CT molecular complexity index is 774. The van der Waals surface area contributed by atoms with E-state index in [-0.39, 0.29) is 21.8 Å². The van der Waals surface area contributed by atoms with Crippen LogP contribution in [0.4, 0.5) is 10.1 Å². The van der Waals surface area contributed by atoms with Crippen molar-refractivity contribution < 1.29 is 19.1 Å². The van der Waals surface area contributed by atoms with Crippen molar-refractivity contribution in [2.45, 2.75) is 20.8 Å². The molecule has 8 heteroatoms. The van der Waals surface area contributed by atoms with Gasteiger partial charge in [-0.2, -0.15) is 4.39 Å². The van der Waals surface area contributed by atoms with E-state index < -0.39 is 17.7 Å². The number of carboxylic acids is 1. The minimum atomic E-state index is -1.71. The van der Waals surface area contributed by atoms with Gasteiger partial charge < -0.3 is 15.7 Å². The van der Waals surface area contributed by atoms with Crippen LogP contribution in [0.3, 0.4) is 0 Å². The maximum atomic E-state index is 12.5. The van der Waals surface area contributed by atoms with Gasteiger partial charge in [0.25, 0.3) is 0 Å². The summed E-state index contributed by atoms with van der Waals surface area (Å²) in [4.78, 5) is 27.6. The van der Waals surface area contributed by atoms with E-state index in [0.717, 1.165) is 12.1 Å². The second-order valence-electron chi connectivity index (χ2n) is 5.11. The summed E-state index contributed by atoms with van der Waals surface area (Å²) in [6, 6.07) is 1.95. The third-order valence-electron chi connectivity index (χ3n) is 3.74. The van der Waals surface area contributed by atoms with Crippen LogP contribution in [0.2, 0.25) is 5.02 Å². The number of aromatic carboxylic acids is 1. The zero-order chi connectivity index (χ0) is 19.1. The monoisotopic (exact) mass is 369 g/mol. The molecule has 1 heterocycles. The Labute approximate surface area is 150 Å². The molecule has 0 radical (unpaired) electrons. The Kier molecular flexibility index (Phi) is 7.73. The second-order valence-corrected chi connectivity index (χ2v) is 5.49. The number of anilines is 1. The molecule has 1 aromatic heterocycles. The van der Waals surface area contributed by atoms with Crippen LogP contribution in [-0.2, 0) is 0 Å². The number of nitrogen functional groups attached to an aromatic ring is 1. The highest BCUT2D eigenvalue weighted by molar-refractivity contribution is 6.38. The average molecular weight is 370 g/mol. The third kappa shape index (κ3) is 5.11. The number of halogens is 2. The number of fused-ring (bicyclic) bond motifs is 1. The molecule has 6 nitrogen and oxygen atoms in total. The van der Waals surface area contributed by atoms with Gasteiger partial charge in [-0.1, -0.05) is 32.4 Å². The van der Waals surface area contributed by atoms with E-state index in [2.05, 4.69) is 30.7 Å². The molecule has 136 valence electrons. The molecule has 0 saturated heterocycles. The van der Waals surface area contributed by atoms with E-state index in [0.29, 0.717) is 5.39 Å². The number of rotatable bonds is 5. The molecule has 0 aliphatic carbocycles. The van der Waals surface area contributed by atoms with Gasteiger partial charge in [-0.15, -0.1) is 0 Å². The van der Waals surface area contributed by atoms with Gasteiger partial charge in [0.05, 0.1) is 21.8 Å². The fourth-order valence-corrected chi connectivity index (χ4v) is 2.47. The van der Waals surface area contributed by atoms with Crippen LogP contribution in [0.5, 0.6) is 0 Å². The van der Waals surface area contributed by atoms with Gasteiger partial charge in [-0.3, -0.25) is 4.79 Å². The highest BCUT2D eigenvalue weighted by atomic mass is 35.5. The number of benzene rings is 1. The Hall–Kier alpha value is -2.25. The van der Waals surface area contributed by atoms with Crippen molar-refractivity contribution in [3.8, 4) is 0 Å². The number of aromatic nitrogens is 1. The van der Waals surface area contributed by atoms with Gasteiger partial charge in [0, 0.05) is 5.39 Å². The van der Waals surface area contributed by atoms with Crippen LogP contribution in [0.25, 0.3) is 10.9 Å².